The molecular formula is C9H21NO7S. The minimum atomic E-state index is -4.07. The Hall–Kier alpha value is -0.290. The van der Waals surface area contributed by atoms with E-state index < -0.39 is 54.4 Å². The van der Waals surface area contributed by atoms with Crippen LogP contribution in [0.3, 0.4) is 0 Å². The van der Waals surface area contributed by atoms with E-state index in [9.17, 15) is 8.42 Å². The van der Waals surface area contributed by atoms with E-state index >= 15 is 0 Å². The van der Waals surface area contributed by atoms with Crippen molar-refractivity contribution in [2.45, 2.75) is 18.5 Å². The van der Waals surface area contributed by atoms with Crippen molar-refractivity contribution >= 4 is 10.1 Å². The van der Waals surface area contributed by atoms with E-state index in [2.05, 4.69) is 0 Å². The molecule has 0 radical (unpaired) electrons. The largest absolute Gasteiger partial charge is 0.395 e. The van der Waals surface area contributed by atoms with Crippen molar-refractivity contribution in [1.82, 2.24) is 4.90 Å². The number of aliphatic hydroxyl groups is 4. The van der Waals surface area contributed by atoms with Crippen molar-refractivity contribution in [3.05, 3.63) is 0 Å². The summed E-state index contributed by atoms with van der Waals surface area (Å²) < 4.78 is 29.7. The second-order valence-corrected chi connectivity index (χ2v) is 5.49. The zero-order valence-electron chi connectivity index (χ0n) is 10.0. The summed E-state index contributed by atoms with van der Waals surface area (Å²) in [6, 6.07) is -1.40. The molecule has 0 aliphatic carbocycles. The standard InChI is InChI=1S/C9H21NO7S/c11-4-8(5-12)10(9(6-13)7-14)2-1-3-18(15,16)17/h8-9,11-14H,1-7H2,(H,15,16,17). The highest BCUT2D eigenvalue weighted by Gasteiger charge is 2.24. The third-order valence-corrected chi connectivity index (χ3v) is 3.40. The molecule has 0 heterocycles. The van der Waals surface area contributed by atoms with Crippen LogP contribution in [0.2, 0.25) is 0 Å². The molecule has 9 heteroatoms. The Morgan fingerprint density at radius 3 is 1.56 bits per heavy atom. The van der Waals surface area contributed by atoms with Gasteiger partial charge in [-0.05, 0) is 6.42 Å². The summed E-state index contributed by atoms with van der Waals surface area (Å²) in [5, 5.41) is 36.3. The first-order valence-corrected chi connectivity index (χ1v) is 7.14. The number of hydrogen-bond donors (Lipinski definition) is 5. The summed E-state index contributed by atoms with van der Waals surface area (Å²) >= 11 is 0. The number of nitrogens with zero attached hydrogens (tertiary/aromatic N) is 1. The molecule has 0 amide bonds. The van der Waals surface area contributed by atoms with Crippen LogP contribution in [-0.2, 0) is 10.1 Å². The Balaban J connectivity index is 4.56. The normalized spacial score (nSPS) is 12.9. The van der Waals surface area contributed by atoms with Gasteiger partial charge in [0.25, 0.3) is 10.1 Å². The smallest absolute Gasteiger partial charge is 0.264 e. The molecule has 0 spiro atoms. The number of rotatable bonds is 10. The third-order valence-electron chi connectivity index (χ3n) is 2.60. The van der Waals surface area contributed by atoms with E-state index in [0.717, 1.165) is 0 Å². The van der Waals surface area contributed by atoms with Gasteiger partial charge in [-0.3, -0.25) is 9.45 Å². The lowest BCUT2D eigenvalue weighted by molar-refractivity contribution is 0.00202. The van der Waals surface area contributed by atoms with E-state index in [1.54, 1.807) is 0 Å². The maximum absolute atomic E-state index is 10.6. The van der Waals surface area contributed by atoms with Crippen molar-refractivity contribution in [1.29, 1.82) is 0 Å². The minimum absolute atomic E-state index is 0.0613. The molecular weight excluding hydrogens is 266 g/mol. The molecule has 0 bridgehead atoms. The van der Waals surface area contributed by atoms with Crippen LogP contribution in [0.25, 0.3) is 0 Å². The van der Waals surface area contributed by atoms with Crippen LogP contribution in [0.15, 0.2) is 0 Å². The lowest BCUT2D eigenvalue weighted by atomic mass is 10.2. The predicted molar refractivity (Wildman–Crippen MR) is 63.7 cm³/mol. The highest BCUT2D eigenvalue weighted by atomic mass is 32.2. The van der Waals surface area contributed by atoms with Gasteiger partial charge >= 0.3 is 0 Å². The van der Waals surface area contributed by atoms with Gasteiger partial charge in [-0.15, -0.1) is 0 Å². The zero-order valence-corrected chi connectivity index (χ0v) is 10.8. The second-order valence-electron chi connectivity index (χ2n) is 3.92. The van der Waals surface area contributed by atoms with Gasteiger partial charge in [-0.1, -0.05) is 0 Å². The molecule has 8 nitrogen and oxygen atoms in total. The Morgan fingerprint density at radius 1 is 0.889 bits per heavy atom. The van der Waals surface area contributed by atoms with Crippen LogP contribution in [-0.4, -0.2) is 89.1 Å². The molecule has 0 atom stereocenters. The first kappa shape index (κ1) is 17.7. The molecule has 0 aliphatic heterocycles. The summed E-state index contributed by atoms with van der Waals surface area (Å²) in [6.45, 7) is -1.45. The first-order valence-electron chi connectivity index (χ1n) is 5.54. The van der Waals surface area contributed by atoms with E-state index in [1.165, 1.54) is 4.90 Å². The third kappa shape index (κ3) is 6.59. The topological polar surface area (TPSA) is 139 Å². The van der Waals surface area contributed by atoms with Gasteiger partial charge in [0.15, 0.2) is 0 Å². The molecule has 5 N–H and O–H groups in total. The lowest BCUT2D eigenvalue weighted by Gasteiger charge is -2.34. The van der Waals surface area contributed by atoms with Crippen LogP contribution < -0.4 is 0 Å². The molecule has 110 valence electrons. The lowest BCUT2D eigenvalue weighted by Crippen LogP contribution is -2.51. The summed E-state index contributed by atoms with van der Waals surface area (Å²) in [5.41, 5.74) is 0. The fourth-order valence-electron chi connectivity index (χ4n) is 1.63. The van der Waals surface area contributed by atoms with Gasteiger partial charge in [0, 0.05) is 6.54 Å². The molecule has 0 aliphatic rings. The molecule has 0 unspecified atom stereocenters. The van der Waals surface area contributed by atoms with Crippen LogP contribution in [0.4, 0.5) is 0 Å². The molecule has 0 rings (SSSR count). The van der Waals surface area contributed by atoms with E-state index in [0.29, 0.717) is 0 Å². The Morgan fingerprint density at radius 2 is 1.28 bits per heavy atom. The van der Waals surface area contributed by atoms with Gasteiger partial charge in [0.1, 0.15) is 0 Å². The van der Waals surface area contributed by atoms with Crippen LogP contribution in [0.1, 0.15) is 6.42 Å². The van der Waals surface area contributed by atoms with E-state index in [-0.39, 0.29) is 13.0 Å². The van der Waals surface area contributed by atoms with Crippen LogP contribution in [0, 0.1) is 0 Å². The number of hydrogen-bond acceptors (Lipinski definition) is 7. The Bertz CT molecular complexity index is 288. The van der Waals surface area contributed by atoms with E-state index in [4.69, 9.17) is 25.0 Å². The van der Waals surface area contributed by atoms with Crippen molar-refractivity contribution in [3.8, 4) is 0 Å². The Labute approximate surface area is 106 Å². The van der Waals surface area contributed by atoms with Gasteiger partial charge in [0.2, 0.25) is 0 Å². The highest BCUT2D eigenvalue weighted by Crippen LogP contribution is 2.07. The first-order chi connectivity index (χ1) is 8.39. The highest BCUT2D eigenvalue weighted by molar-refractivity contribution is 7.85. The maximum atomic E-state index is 10.6. The van der Waals surface area contributed by atoms with Crippen LogP contribution in [0.5, 0.6) is 0 Å². The van der Waals surface area contributed by atoms with Gasteiger partial charge in [0.05, 0.1) is 44.3 Å². The maximum Gasteiger partial charge on any atom is 0.264 e. The SMILES string of the molecule is O=S(=O)(O)CCCN(C(CO)CO)C(CO)CO. The zero-order chi connectivity index (χ0) is 14.2. The van der Waals surface area contributed by atoms with Crippen molar-refractivity contribution in [2.75, 3.05) is 38.7 Å². The molecule has 0 aromatic carbocycles. The average molecular weight is 287 g/mol. The predicted octanol–water partition coefficient (Wildman–Crippen LogP) is -2.73. The fraction of sp³-hybridized carbons (Fsp3) is 1.00. The molecule has 0 saturated heterocycles. The van der Waals surface area contributed by atoms with Crippen molar-refractivity contribution in [2.24, 2.45) is 0 Å². The van der Waals surface area contributed by atoms with Crippen LogP contribution >= 0.6 is 0 Å². The Kier molecular flexibility index (Phi) is 8.61. The quantitative estimate of drug-likeness (QED) is 0.273. The molecule has 0 aromatic heterocycles. The average Bonchev–Trinajstić information content (AvgIpc) is 2.30. The monoisotopic (exact) mass is 287 g/mol. The summed E-state index contributed by atoms with van der Waals surface area (Å²) in [5.74, 6) is -0.462. The van der Waals surface area contributed by atoms with Gasteiger partial charge < -0.3 is 20.4 Å². The van der Waals surface area contributed by atoms with Crippen molar-refractivity contribution < 1.29 is 33.4 Å². The summed E-state index contributed by atoms with van der Waals surface area (Å²) in [4.78, 5) is 1.42. The second kappa shape index (κ2) is 8.75. The molecule has 18 heavy (non-hydrogen) atoms. The van der Waals surface area contributed by atoms with Gasteiger partial charge in [-0.25, -0.2) is 0 Å². The fourth-order valence-corrected chi connectivity index (χ4v) is 2.12. The van der Waals surface area contributed by atoms with Gasteiger partial charge in [-0.2, -0.15) is 8.42 Å². The van der Waals surface area contributed by atoms with E-state index in [1.807, 2.05) is 0 Å². The minimum Gasteiger partial charge on any atom is -0.395 e. The molecule has 0 aromatic rings. The summed E-state index contributed by atoms with van der Waals surface area (Å²) in [7, 11) is -4.07. The number of aliphatic hydroxyl groups excluding tert-OH is 4. The molecule has 0 fully saturated rings. The summed E-state index contributed by atoms with van der Waals surface area (Å²) in [6.07, 6.45) is 0.0613. The van der Waals surface area contributed by atoms with Crippen molar-refractivity contribution in [3.63, 3.8) is 0 Å². The molecule has 0 saturated carbocycles.